The highest BCUT2D eigenvalue weighted by Gasteiger charge is 2.12. The van der Waals surface area contributed by atoms with Gasteiger partial charge in [0.05, 0.1) is 5.56 Å². The van der Waals surface area contributed by atoms with Crippen LogP contribution < -0.4 is 5.63 Å². The highest BCUT2D eigenvalue weighted by molar-refractivity contribution is 5.84. The van der Waals surface area contributed by atoms with Crippen LogP contribution in [-0.4, -0.2) is 24.1 Å². The normalized spacial score (nSPS) is 11.3. The van der Waals surface area contributed by atoms with Gasteiger partial charge in [0.2, 0.25) is 0 Å². The molecule has 0 aliphatic heterocycles. The maximum Gasteiger partial charge on any atom is 0.336 e. The molecule has 2 rings (SSSR count). The Hall–Kier alpha value is -1.81. The Labute approximate surface area is 99.1 Å². The Balaban J connectivity index is 2.79. The number of aromatic hydroxyl groups is 1. The van der Waals surface area contributed by atoms with Crippen molar-refractivity contribution < 1.29 is 9.52 Å². The lowest BCUT2D eigenvalue weighted by Gasteiger charge is -2.13. The zero-order valence-electron chi connectivity index (χ0n) is 10.2. The molecule has 0 amide bonds. The van der Waals surface area contributed by atoms with Crippen molar-refractivity contribution in [2.45, 2.75) is 13.5 Å². The molecule has 1 aromatic heterocycles. The molecule has 0 spiro atoms. The van der Waals surface area contributed by atoms with Crippen molar-refractivity contribution in [3.8, 4) is 5.75 Å². The molecule has 0 aliphatic rings. The molecular formula is C13H15NO3. The van der Waals surface area contributed by atoms with E-state index >= 15 is 0 Å². The van der Waals surface area contributed by atoms with Gasteiger partial charge >= 0.3 is 5.63 Å². The first-order valence-corrected chi connectivity index (χ1v) is 5.39. The first-order chi connectivity index (χ1) is 7.99. The van der Waals surface area contributed by atoms with E-state index in [9.17, 15) is 9.90 Å². The fourth-order valence-electron chi connectivity index (χ4n) is 1.90. The molecule has 0 atom stereocenters. The third-order valence-electron chi connectivity index (χ3n) is 2.67. The van der Waals surface area contributed by atoms with Crippen molar-refractivity contribution in [3.05, 3.63) is 39.7 Å². The SMILES string of the molecule is Cc1cc(=O)oc2c(CN(C)C)c(O)ccc12. The Bertz CT molecular complexity index is 614. The third-order valence-corrected chi connectivity index (χ3v) is 2.67. The average Bonchev–Trinajstić information content (AvgIpc) is 2.21. The minimum Gasteiger partial charge on any atom is -0.507 e. The van der Waals surface area contributed by atoms with Gasteiger partial charge in [0.1, 0.15) is 11.3 Å². The van der Waals surface area contributed by atoms with Gasteiger partial charge < -0.3 is 14.4 Å². The number of nitrogens with zero attached hydrogens (tertiary/aromatic N) is 1. The van der Waals surface area contributed by atoms with Crippen LogP contribution in [0.1, 0.15) is 11.1 Å². The monoisotopic (exact) mass is 233 g/mol. The van der Waals surface area contributed by atoms with E-state index in [4.69, 9.17) is 4.42 Å². The summed E-state index contributed by atoms with van der Waals surface area (Å²) in [6.45, 7) is 2.38. The van der Waals surface area contributed by atoms with E-state index < -0.39 is 0 Å². The van der Waals surface area contributed by atoms with Gasteiger partial charge in [0.15, 0.2) is 0 Å². The van der Waals surface area contributed by atoms with Gasteiger partial charge in [0.25, 0.3) is 0 Å². The molecule has 4 heteroatoms. The molecule has 0 bridgehead atoms. The summed E-state index contributed by atoms with van der Waals surface area (Å²) in [5.41, 5.74) is 1.59. The third kappa shape index (κ3) is 2.17. The molecule has 0 radical (unpaired) electrons. The molecular weight excluding hydrogens is 218 g/mol. The largest absolute Gasteiger partial charge is 0.507 e. The van der Waals surface area contributed by atoms with Crippen LogP contribution in [0.4, 0.5) is 0 Å². The Morgan fingerprint density at radius 2 is 2.06 bits per heavy atom. The zero-order valence-corrected chi connectivity index (χ0v) is 10.2. The molecule has 0 unspecified atom stereocenters. The Kier molecular flexibility index (Phi) is 2.90. The summed E-state index contributed by atoms with van der Waals surface area (Å²) in [6.07, 6.45) is 0. The van der Waals surface area contributed by atoms with Crippen LogP contribution in [0, 0.1) is 6.92 Å². The molecule has 4 nitrogen and oxygen atoms in total. The lowest BCUT2D eigenvalue weighted by atomic mass is 10.1. The molecule has 90 valence electrons. The molecule has 1 heterocycles. The van der Waals surface area contributed by atoms with Crippen LogP contribution in [0.2, 0.25) is 0 Å². The maximum absolute atomic E-state index is 11.4. The van der Waals surface area contributed by atoms with Crippen molar-refractivity contribution >= 4 is 11.0 Å². The molecule has 2 aromatic rings. The first kappa shape index (κ1) is 11.7. The molecule has 0 aliphatic carbocycles. The standard InChI is InChI=1S/C13H15NO3/c1-8-6-12(16)17-13-9(8)4-5-11(15)10(13)7-14(2)3/h4-6,15H,7H2,1-3H3. The smallest absolute Gasteiger partial charge is 0.336 e. The van der Waals surface area contributed by atoms with Gasteiger partial charge in [-0.3, -0.25) is 0 Å². The van der Waals surface area contributed by atoms with E-state index in [0.717, 1.165) is 10.9 Å². The number of phenols is 1. The quantitative estimate of drug-likeness (QED) is 0.804. The molecule has 0 saturated heterocycles. The number of hydrogen-bond donors (Lipinski definition) is 1. The van der Waals surface area contributed by atoms with E-state index in [-0.39, 0.29) is 11.4 Å². The first-order valence-electron chi connectivity index (χ1n) is 5.39. The second kappa shape index (κ2) is 4.22. The van der Waals surface area contributed by atoms with E-state index in [1.165, 1.54) is 6.07 Å². The summed E-state index contributed by atoms with van der Waals surface area (Å²) in [6, 6.07) is 4.86. The average molecular weight is 233 g/mol. The number of phenolic OH excluding ortho intramolecular Hbond substituents is 1. The van der Waals surface area contributed by atoms with E-state index in [0.29, 0.717) is 17.7 Å². The van der Waals surface area contributed by atoms with E-state index in [1.54, 1.807) is 12.1 Å². The van der Waals surface area contributed by atoms with Gasteiger partial charge in [-0.2, -0.15) is 0 Å². The van der Waals surface area contributed by atoms with E-state index in [2.05, 4.69) is 0 Å². The van der Waals surface area contributed by atoms with Crippen molar-refractivity contribution in [1.29, 1.82) is 0 Å². The van der Waals surface area contributed by atoms with Crippen LogP contribution in [0.25, 0.3) is 11.0 Å². The van der Waals surface area contributed by atoms with Gasteiger partial charge in [-0.05, 0) is 38.7 Å². The van der Waals surface area contributed by atoms with Gasteiger partial charge in [0, 0.05) is 18.0 Å². The zero-order chi connectivity index (χ0) is 12.6. The summed E-state index contributed by atoms with van der Waals surface area (Å²) >= 11 is 0. The number of hydrogen-bond acceptors (Lipinski definition) is 4. The second-order valence-electron chi connectivity index (χ2n) is 4.43. The molecule has 17 heavy (non-hydrogen) atoms. The number of fused-ring (bicyclic) bond motifs is 1. The van der Waals surface area contributed by atoms with Crippen molar-refractivity contribution in [2.24, 2.45) is 0 Å². The maximum atomic E-state index is 11.4. The summed E-state index contributed by atoms with van der Waals surface area (Å²) in [7, 11) is 3.79. The van der Waals surface area contributed by atoms with Crippen LogP contribution in [0.5, 0.6) is 5.75 Å². The molecule has 1 aromatic carbocycles. The van der Waals surface area contributed by atoms with E-state index in [1.807, 2.05) is 25.9 Å². The fourth-order valence-corrected chi connectivity index (χ4v) is 1.90. The molecule has 0 saturated carbocycles. The minimum absolute atomic E-state index is 0.153. The Morgan fingerprint density at radius 1 is 1.35 bits per heavy atom. The second-order valence-corrected chi connectivity index (χ2v) is 4.43. The molecule has 0 fully saturated rings. The lowest BCUT2D eigenvalue weighted by Crippen LogP contribution is -2.12. The van der Waals surface area contributed by atoms with Gasteiger partial charge in [-0.15, -0.1) is 0 Å². The predicted molar refractivity (Wildman–Crippen MR) is 66.3 cm³/mol. The van der Waals surface area contributed by atoms with Crippen LogP contribution in [-0.2, 0) is 6.54 Å². The topological polar surface area (TPSA) is 53.7 Å². The summed E-state index contributed by atoms with van der Waals surface area (Å²) < 4.78 is 5.21. The predicted octanol–water partition coefficient (Wildman–Crippen LogP) is 1.87. The number of rotatable bonds is 2. The fraction of sp³-hybridized carbons (Fsp3) is 0.308. The van der Waals surface area contributed by atoms with Gasteiger partial charge in [-0.1, -0.05) is 0 Å². The summed E-state index contributed by atoms with van der Waals surface area (Å²) in [4.78, 5) is 13.3. The Morgan fingerprint density at radius 3 is 2.71 bits per heavy atom. The number of benzene rings is 1. The minimum atomic E-state index is -0.388. The highest BCUT2D eigenvalue weighted by Crippen LogP contribution is 2.28. The number of aryl methyl sites for hydroxylation is 1. The van der Waals surface area contributed by atoms with Crippen molar-refractivity contribution in [1.82, 2.24) is 4.90 Å². The molecule has 1 N–H and O–H groups in total. The van der Waals surface area contributed by atoms with Crippen LogP contribution >= 0.6 is 0 Å². The van der Waals surface area contributed by atoms with Crippen LogP contribution in [0.15, 0.2) is 27.4 Å². The summed E-state index contributed by atoms with van der Waals surface area (Å²) in [5.74, 6) is 0.153. The van der Waals surface area contributed by atoms with Gasteiger partial charge in [-0.25, -0.2) is 4.79 Å². The highest BCUT2D eigenvalue weighted by atomic mass is 16.4. The van der Waals surface area contributed by atoms with Crippen LogP contribution in [0.3, 0.4) is 0 Å². The van der Waals surface area contributed by atoms with Crippen molar-refractivity contribution in [2.75, 3.05) is 14.1 Å². The lowest BCUT2D eigenvalue weighted by molar-refractivity contribution is 0.383. The summed E-state index contributed by atoms with van der Waals surface area (Å²) in [5, 5.41) is 10.7. The van der Waals surface area contributed by atoms with Crippen molar-refractivity contribution in [3.63, 3.8) is 0 Å².